The van der Waals surface area contributed by atoms with Gasteiger partial charge in [-0.05, 0) is 19.1 Å². The SMILES string of the molecule is Cc1ncnc2c(C(F)(F)F)cc(F)cc12. The van der Waals surface area contributed by atoms with Gasteiger partial charge in [0.15, 0.2) is 0 Å². The first kappa shape index (κ1) is 10.8. The van der Waals surface area contributed by atoms with Crippen molar-refractivity contribution in [3.05, 3.63) is 35.5 Å². The van der Waals surface area contributed by atoms with Crippen LogP contribution in [0.4, 0.5) is 17.6 Å². The van der Waals surface area contributed by atoms with Gasteiger partial charge in [-0.15, -0.1) is 0 Å². The largest absolute Gasteiger partial charge is 0.418 e. The van der Waals surface area contributed by atoms with Gasteiger partial charge >= 0.3 is 6.18 Å². The van der Waals surface area contributed by atoms with Crippen LogP contribution < -0.4 is 0 Å². The minimum atomic E-state index is -4.62. The Morgan fingerprint density at radius 3 is 2.44 bits per heavy atom. The van der Waals surface area contributed by atoms with Crippen LogP contribution in [0.25, 0.3) is 10.9 Å². The number of fused-ring (bicyclic) bond motifs is 1. The lowest BCUT2D eigenvalue weighted by molar-refractivity contribution is -0.136. The molecule has 0 amide bonds. The Bertz CT molecular complexity index is 548. The zero-order valence-electron chi connectivity index (χ0n) is 8.14. The summed E-state index contributed by atoms with van der Waals surface area (Å²) in [4.78, 5) is 7.28. The van der Waals surface area contributed by atoms with E-state index in [-0.39, 0.29) is 10.9 Å². The third-order valence-electron chi connectivity index (χ3n) is 2.21. The summed E-state index contributed by atoms with van der Waals surface area (Å²) < 4.78 is 50.9. The number of hydrogen-bond donors (Lipinski definition) is 0. The van der Waals surface area contributed by atoms with E-state index in [0.717, 1.165) is 12.4 Å². The van der Waals surface area contributed by atoms with Crippen molar-refractivity contribution in [3.63, 3.8) is 0 Å². The van der Waals surface area contributed by atoms with Crippen LogP contribution in [-0.4, -0.2) is 9.97 Å². The fourth-order valence-corrected chi connectivity index (χ4v) is 1.47. The van der Waals surface area contributed by atoms with E-state index in [1.54, 1.807) is 0 Å². The van der Waals surface area contributed by atoms with Crippen LogP contribution in [-0.2, 0) is 6.18 Å². The van der Waals surface area contributed by atoms with Gasteiger partial charge in [-0.3, -0.25) is 0 Å². The van der Waals surface area contributed by atoms with Gasteiger partial charge in [0.2, 0.25) is 0 Å². The monoisotopic (exact) mass is 230 g/mol. The molecular weight excluding hydrogens is 224 g/mol. The van der Waals surface area contributed by atoms with E-state index in [2.05, 4.69) is 9.97 Å². The first-order chi connectivity index (χ1) is 7.39. The average Bonchev–Trinajstić information content (AvgIpc) is 2.17. The molecule has 0 fully saturated rings. The Balaban J connectivity index is 2.89. The summed E-state index contributed by atoms with van der Waals surface area (Å²) in [7, 11) is 0. The van der Waals surface area contributed by atoms with Gasteiger partial charge in [-0.1, -0.05) is 0 Å². The molecule has 0 saturated carbocycles. The maximum Gasteiger partial charge on any atom is 0.418 e. The van der Waals surface area contributed by atoms with Crippen LogP contribution in [0.5, 0.6) is 0 Å². The molecule has 0 aliphatic rings. The molecule has 0 bridgehead atoms. The normalized spacial score (nSPS) is 12.1. The third-order valence-corrected chi connectivity index (χ3v) is 2.21. The first-order valence-corrected chi connectivity index (χ1v) is 4.37. The van der Waals surface area contributed by atoms with Crippen molar-refractivity contribution in [1.29, 1.82) is 0 Å². The number of benzene rings is 1. The highest BCUT2D eigenvalue weighted by Gasteiger charge is 2.34. The standard InChI is InChI=1S/C10H6F4N2/c1-5-7-2-6(11)3-8(10(12,13)14)9(7)16-4-15-5/h2-4H,1H3. The lowest BCUT2D eigenvalue weighted by atomic mass is 10.1. The smallest absolute Gasteiger partial charge is 0.241 e. The molecule has 0 aliphatic carbocycles. The van der Waals surface area contributed by atoms with Crippen molar-refractivity contribution in [2.75, 3.05) is 0 Å². The highest BCUT2D eigenvalue weighted by atomic mass is 19.4. The summed E-state index contributed by atoms with van der Waals surface area (Å²) in [5.41, 5.74) is -1.04. The van der Waals surface area contributed by atoms with Crippen LogP contribution in [0.3, 0.4) is 0 Å². The van der Waals surface area contributed by atoms with E-state index in [1.807, 2.05) is 0 Å². The van der Waals surface area contributed by atoms with Gasteiger partial charge < -0.3 is 0 Å². The summed E-state index contributed by atoms with van der Waals surface area (Å²) in [5, 5.41) is 0.0785. The molecule has 2 nitrogen and oxygen atoms in total. The Morgan fingerprint density at radius 1 is 1.12 bits per heavy atom. The van der Waals surface area contributed by atoms with Gasteiger partial charge in [0.05, 0.1) is 11.1 Å². The molecular formula is C10H6F4N2. The number of alkyl halides is 3. The fraction of sp³-hybridized carbons (Fsp3) is 0.200. The Morgan fingerprint density at radius 2 is 1.81 bits per heavy atom. The van der Waals surface area contributed by atoms with Crippen molar-refractivity contribution in [2.45, 2.75) is 13.1 Å². The molecule has 16 heavy (non-hydrogen) atoms. The third kappa shape index (κ3) is 1.70. The second-order valence-electron chi connectivity index (χ2n) is 3.31. The summed E-state index contributed by atoms with van der Waals surface area (Å²) in [6.45, 7) is 1.50. The second-order valence-corrected chi connectivity index (χ2v) is 3.31. The van der Waals surface area contributed by atoms with Crippen LogP contribution >= 0.6 is 0 Å². The highest BCUT2D eigenvalue weighted by Crippen LogP contribution is 2.34. The Labute approximate surface area is 87.9 Å². The molecule has 1 heterocycles. The molecule has 0 unspecified atom stereocenters. The van der Waals surface area contributed by atoms with Crippen molar-refractivity contribution in [2.24, 2.45) is 0 Å². The molecule has 6 heteroatoms. The summed E-state index contributed by atoms with van der Waals surface area (Å²) in [5.74, 6) is -0.947. The Kier molecular flexibility index (Phi) is 2.29. The lowest BCUT2D eigenvalue weighted by Crippen LogP contribution is -2.08. The molecule has 0 N–H and O–H groups in total. The zero-order valence-corrected chi connectivity index (χ0v) is 8.14. The van der Waals surface area contributed by atoms with Gasteiger partial charge in [0.1, 0.15) is 12.1 Å². The molecule has 1 aromatic carbocycles. The number of rotatable bonds is 0. The summed E-state index contributed by atoms with van der Waals surface area (Å²) in [6, 6.07) is 1.44. The zero-order chi connectivity index (χ0) is 11.9. The first-order valence-electron chi connectivity index (χ1n) is 4.37. The van der Waals surface area contributed by atoms with Crippen molar-refractivity contribution in [1.82, 2.24) is 9.97 Å². The Hall–Kier alpha value is -1.72. The molecule has 0 saturated heterocycles. The number of nitrogens with zero attached hydrogens (tertiary/aromatic N) is 2. The van der Waals surface area contributed by atoms with Crippen LogP contribution in [0.1, 0.15) is 11.3 Å². The van der Waals surface area contributed by atoms with Gasteiger partial charge in [-0.2, -0.15) is 13.2 Å². The highest BCUT2D eigenvalue weighted by molar-refractivity contribution is 5.84. The number of halogens is 4. The lowest BCUT2D eigenvalue weighted by Gasteiger charge is -2.10. The fourth-order valence-electron chi connectivity index (χ4n) is 1.47. The maximum atomic E-state index is 13.1. The van der Waals surface area contributed by atoms with E-state index in [0.29, 0.717) is 11.8 Å². The predicted molar refractivity (Wildman–Crippen MR) is 49.2 cm³/mol. The minimum Gasteiger partial charge on any atom is -0.241 e. The van der Waals surface area contributed by atoms with Gasteiger partial charge in [-0.25, -0.2) is 14.4 Å². The molecule has 2 aromatic rings. The number of aryl methyl sites for hydroxylation is 1. The van der Waals surface area contributed by atoms with Gasteiger partial charge in [0.25, 0.3) is 0 Å². The van der Waals surface area contributed by atoms with E-state index in [4.69, 9.17) is 0 Å². The molecule has 1 aromatic heterocycles. The summed E-state index contributed by atoms with van der Waals surface area (Å²) >= 11 is 0. The van der Waals surface area contributed by atoms with Crippen LogP contribution in [0, 0.1) is 12.7 Å². The van der Waals surface area contributed by atoms with E-state index < -0.39 is 17.6 Å². The van der Waals surface area contributed by atoms with Crippen LogP contribution in [0.2, 0.25) is 0 Å². The minimum absolute atomic E-state index is 0.0785. The molecule has 0 radical (unpaired) electrons. The second kappa shape index (κ2) is 3.40. The molecule has 0 spiro atoms. The van der Waals surface area contributed by atoms with E-state index in [1.165, 1.54) is 6.92 Å². The molecule has 0 aliphatic heterocycles. The van der Waals surface area contributed by atoms with E-state index in [9.17, 15) is 17.6 Å². The predicted octanol–water partition coefficient (Wildman–Crippen LogP) is 3.10. The topological polar surface area (TPSA) is 25.8 Å². The van der Waals surface area contributed by atoms with Crippen LogP contribution in [0.15, 0.2) is 18.5 Å². The summed E-state index contributed by atoms with van der Waals surface area (Å²) in [6.07, 6.45) is -3.59. The molecule has 2 rings (SSSR count). The van der Waals surface area contributed by atoms with E-state index >= 15 is 0 Å². The quantitative estimate of drug-likeness (QED) is 0.650. The van der Waals surface area contributed by atoms with Gasteiger partial charge in [0, 0.05) is 11.1 Å². The van der Waals surface area contributed by atoms with Crippen molar-refractivity contribution in [3.8, 4) is 0 Å². The molecule has 0 atom stereocenters. The number of hydrogen-bond acceptors (Lipinski definition) is 2. The number of aromatic nitrogens is 2. The van der Waals surface area contributed by atoms with Crippen molar-refractivity contribution >= 4 is 10.9 Å². The maximum absolute atomic E-state index is 13.1. The van der Waals surface area contributed by atoms with Crippen molar-refractivity contribution < 1.29 is 17.6 Å². The molecule has 84 valence electrons. The average molecular weight is 230 g/mol.